The molecule has 7 heteroatoms. The Morgan fingerprint density at radius 2 is 1.60 bits per heavy atom. The number of alkyl halides is 3. The fourth-order valence-corrected chi connectivity index (χ4v) is 0.936. The molecule has 0 unspecified atom stereocenters. The van der Waals surface area contributed by atoms with E-state index in [0.717, 1.165) is 6.07 Å². The Kier molecular flexibility index (Phi) is 2.62. The van der Waals surface area contributed by atoms with Gasteiger partial charge in [-0.05, 0) is 6.07 Å². The van der Waals surface area contributed by atoms with Crippen LogP contribution in [0.5, 0.6) is 0 Å². The molecule has 0 saturated carbocycles. The minimum absolute atomic E-state index is 0.00123. The van der Waals surface area contributed by atoms with Gasteiger partial charge in [0.2, 0.25) is 0 Å². The van der Waals surface area contributed by atoms with Gasteiger partial charge >= 0.3 is 6.18 Å². The van der Waals surface area contributed by atoms with E-state index in [-0.39, 0.29) is 6.07 Å². The van der Waals surface area contributed by atoms with Crippen LogP contribution in [0.4, 0.5) is 26.3 Å². The van der Waals surface area contributed by atoms with Gasteiger partial charge < -0.3 is 0 Å². The summed E-state index contributed by atoms with van der Waals surface area (Å²) in [6.45, 7) is 0. The molecule has 80 valence electrons. The maximum Gasteiger partial charge on any atom is 0.422 e. The first-order valence-corrected chi connectivity index (χ1v) is 3.43. The Morgan fingerprint density at radius 1 is 1.07 bits per heavy atom. The van der Waals surface area contributed by atoms with Crippen molar-refractivity contribution < 1.29 is 26.3 Å². The molecule has 0 aliphatic rings. The maximum atomic E-state index is 12.7. The highest BCUT2D eigenvalue weighted by Gasteiger charge is 2.39. The van der Waals surface area contributed by atoms with E-state index in [2.05, 4.69) is 0 Å². The lowest BCUT2D eigenvalue weighted by Crippen LogP contribution is -2.13. The Morgan fingerprint density at radius 3 is 2.00 bits per heavy atom. The number of nitriles is 1. The lowest BCUT2D eigenvalue weighted by molar-refractivity contribution is -0.142. The third-order valence-electron chi connectivity index (χ3n) is 1.56. The highest BCUT2D eigenvalue weighted by Crippen LogP contribution is 2.35. The van der Waals surface area contributed by atoms with E-state index < -0.39 is 34.8 Å². The molecule has 0 aliphatic heterocycles. The van der Waals surface area contributed by atoms with Crippen molar-refractivity contribution >= 4 is 0 Å². The van der Waals surface area contributed by atoms with Crippen LogP contribution in [0, 0.1) is 28.8 Å². The van der Waals surface area contributed by atoms with Crippen LogP contribution in [-0.2, 0) is 6.18 Å². The van der Waals surface area contributed by atoms with Crippen LogP contribution in [0.2, 0.25) is 0 Å². The summed E-state index contributed by atoms with van der Waals surface area (Å²) in [6.07, 6.45) is -5.34. The van der Waals surface area contributed by atoms with Gasteiger partial charge in [0.1, 0.15) is 17.4 Å². The number of rotatable bonds is 0. The summed E-state index contributed by atoms with van der Waals surface area (Å²) in [7, 11) is 0. The van der Waals surface area contributed by atoms with E-state index in [9.17, 15) is 26.3 Å². The van der Waals surface area contributed by atoms with Crippen LogP contribution < -0.4 is 0 Å². The van der Waals surface area contributed by atoms with E-state index >= 15 is 0 Å². The zero-order chi connectivity index (χ0) is 11.8. The largest absolute Gasteiger partial charge is 0.422 e. The average Bonchev–Trinajstić information content (AvgIpc) is 2.09. The Labute approximate surface area is 79.5 Å². The SMILES string of the molecule is N#Cc1cc(F)c(C(F)(F)F)c(F)c1F. The summed E-state index contributed by atoms with van der Waals surface area (Å²) in [5, 5.41) is 8.16. The van der Waals surface area contributed by atoms with E-state index in [1.165, 1.54) is 0 Å². The van der Waals surface area contributed by atoms with Crippen molar-refractivity contribution in [3.05, 3.63) is 34.6 Å². The minimum atomic E-state index is -5.34. The molecule has 1 nitrogen and oxygen atoms in total. The summed E-state index contributed by atoms with van der Waals surface area (Å²) < 4.78 is 74.1. The Balaban J connectivity index is 3.59. The van der Waals surface area contributed by atoms with Crippen molar-refractivity contribution in [2.24, 2.45) is 0 Å². The molecule has 0 amide bonds. The first-order chi connectivity index (χ1) is 6.79. The van der Waals surface area contributed by atoms with Crippen molar-refractivity contribution in [1.82, 2.24) is 0 Å². The molecule has 0 atom stereocenters. The molecule has 0 radical (unpaired) electrons. The zero-order valence-electron chi connectivity index (χ0n) is 6.79. The first kappa shape index (κ1) is 11.4. The Hall–Kier alpha value is -1.71. The molecule has 1 aromatic carbocycles. The average molecular weight is 225 g/mol. The highest BCUT2D eigenvalue weighted by molar-refractivity contribution is 5.36. The summed E-state index contributed by atoms with van der Waals surface area (Å²) in [5.41, 5.74) is -3.45. The second-order valence-electron chi connectivity index (χ2n) is 2.52. The summed E-state index contributed by atoms with van der Waals surface area (Å²) in [5.74, 6) is -6.43. The second-order valence-corrected chi connectivity index (χ2v) is 2.52. The fourth-order valence-electron chi connectivity index (χ4n) is 0.936. The summed E-state index contributed by atoms with van der Waals surface area (Å²) in [6, 6.07) is 1.03. The molecule has 0 N–H and O–H groups in total. The number of hydrogen-bond acceptors (Lipinski definition) is 1. The summed E-state index contributed by atoms with van der Waals surface area (Å²) >= 11 is 0. The van der Waals surface area contributed by atoms with Crippen LogP contribution in [0.3, 0.4) is 0 Å². The third kappa shape index (κ3) is 1.88. The van der Waals surface area contributed by atoms with Crippen LogP contribution in [0.1, 0.15) is 11.1 Å². The van der Waals surface area contributed by atoms with Gasteiger partial charge in [-0.2, -0.15) is 18.4 Å². The standard InChI is InChI=1S/C8HF6N/c9-4-1-3(2-15)6(10)7(11)5(4)8(12,13)14/h1H. The molecule has 1 rings (SSSR count). The van der Waals surface area contributed by atoms with Crippen LogP contribution in [-0.4, -0.2) is 0 Å². The molecule has 0 heterocycles. The van der Waals surface area contributed by atoms with Gasteiger partial charge in [0, 0.05) is 0 Å². The van der Waals surface area contributed by atoms with Gasteiger partial charge in [-0.15, -0.1) is 0 Å². The molecule has 0 aliphatic carbocycles. The molecule has 0 fully saturated rings. The van der Waals surface area contributed by atoms with Crippen molar-refractivity contribution in [2.45, 2.75) is 6.18 Å². The first-order valence-electron chi connectivity index (χ1n) is 3.43. The number of nitrogens with zero attached hydrogens (tertiary/aromatic N) is 1. The molecule has 0 saturated heterocycles. The van der Waals surface area contributed by atoms with Gasteiger partial charge in [-0.25, -0.2) is 13.2 Å². The van der Waals surface area contributed by atoms with E-state index in [0.29, 0.717) is 0 Å². The van der Waals surface area contributed by atoms with Crippen LogP contribution in [0.25, 0.3) is 0 Å². The maximum absolute atomic E-state index is 12.7. The van der Waals surface area contributed by atoms with E-state index in [1.54, 1.807) is 0 Å². The van der Waals surface area contributed by atoms with Gasteiger partial charge in [0.05, 0.1) is 5.56 Å². The fraction of sp³-hybridized carbons (Fsp3) is 0.125. The van der Waals surface area contributed by atoms with Gasteiger partial charge in [-0.3, -0.25) is 0 Å². The third-order valence-corrected chi connectivity index (χ3v) is 1.56. The normalized spacial score (nSPS) is 11.3. The number of hydrogen-bond donors (Lipinski definition) is 0. The highest BCUT2D eigenvalue weighted by atomic mass is 19.4. The number of halogens is 6. The quantitative estimate of drug-likeness (QED) is 0.491. The second kappa shape index (κ2) is 3.46. The monoisotopic (exact) mass is 225 g/mol. The molecular formula is C8HF6N. The van der Waals surface area contributed by atoms with Crippen molar-refractivity contribution in [1.29, 1.82) is 5.26 Å². The van der Waals surface area contributed by atoms with Crippen molar-refractivity contribution in [3.63, 3.8) is 0 Å². The van der Waals surface area contributed by atoms with Gasteiger partial charge in [0.15, 0.2) is 11.6 Å². The zero-order valence-corrected chi connectivity index (χ0v) is 6.79. The topological polar surface area (TPSA) is 23.8 Å². The molecule has 0 aromatic heterocycles. The van der Waals surface area contributed by atoms with Crippen LogP contribution in [0.15, 0.2) is 6.07 Å². The Bertz CT molecular complexity index is 442. The predicted octanol–water partition coefficient (Wildman–Crippen LogP) is 2.99. The predicted molar refractivity (Wildman–Crippen MR) is 36.0 cm³/mol. The van der Waals surface area contributed by atoms with Gasteiger partial charge in [0.25, 0.3) is 0 Å². The molecule has 1 aromatic rings. The van der Waals surface area contributed by atoms with Crippen molar-refractivity contribution in [3.8, 4) is 6.07 Å². The van der Waals surface area contributed by atoms with E-state index in [1.807, 2.05) is 0 Å². The molecular weight excluding hydrogens is 224 g/mol. The molecule has 0 spiro atoms. The lowest BCUT2D eigenvalue weighted by atomic mass is 10.1. The van der Waals surface area contributed by atoms with Crippen molar-refractivity contribution in [2.75, 3.05) is 0 Å². The van der Waals surface area contributed by atoms with Crippen LogP contribution >= 0.6 is 0 Å². The minimum Gasteiger partial charge on any atom is -0.206 e. The van der Waals surface area contributed by atoms with Gasteiger partial charge in [-0.1, -0.05) is 0 Å². The smallest absolute Gasteiger partial charge is 0.206 e. The lowest BCUT2D eigenvalue weighted by Gasteiger charge is -2.09. The number of benzene rings is 1. The molecule has 0 bridgehead atoms. The molecule has 15 heavy (non-hydrogen) atoms. The van der Waals surface area contributed by atoms with E-state index in [4.69, 9.17) is 5.26 Å². The summed E-state index contributed by atoms with van der Waals surface area (Å²) in [4.78, 5) is 0.